The summed E-state index contributed by atoms with van der Waals surface area (Å²) in [6.45, 7) is 3.78. The summed E-state index contributed by atoms with van der Waals surface area (Å²) in [5.74, 6) is 2.85. The molecular weight excluding hydrogens is 416 g/mol. The summed E-state index contributed by atoms with van der Waals surface area (Å²) in [7, 11) is -3.48. The van der Waals surface area contributed by atoms with Crippen LogP contribution in [0.4, 0.5) is 0 Å². The molecular formula is C23H32N2O3S2. The van der Waals surface area contributed by atoms with Crippen LogP contribution in [0.2, 0.25) is 0 Å². The van der Waals surface area contributed by atoms with Crippen LogP contribution in [0.15, 0.2) is 35.2 Å². The molecule has 4 bridgehead atoms. The van der Waals surface area contributed by atoms with Crippen molar-refractivity contribution in [3.05, 3.63) is 30.3 Å². The van der Waals surface area contributed by atoms with Gasteiger partial charge in [-0.2, -0.15) is 4.31 Å². The average molecular weight is 449 g/mol. The maximum absolute atomic E-state index is 13.2. The van der Waals surface area contributed by atoms with E-state index in [0.29, 0.717) is 35.8 Å². The highest BCUT2D eigenvalue weighted by atomic mass is 32.2. The summed E-state index contributed by atoms with van der Waals surface area (Å²) < 4.78 is 27.5. The van der Waals surface area contributed by atoms with Crippen molar-refractivity contribution < 1.29 is 13.2 Å². The highest BCUT2D eigenvalue weighted by Gasteiger charge is 2.52. The lowest BCUT2D eigenvalue weighted by molar-refractivity contribution is -0.131. The van der Waals surface area contributed by atoms with Crippen molar-refractivity contribution in [1.82, 2.24) is 9.21 Å². The van der Waals surface area contributed by atoms with Crippen LogP contribution in [0.5, 0.6) is 0 Å². The van der Waals surface area contributed by atoms with Gasteiger partial charge in [0.15, 0.2) is 0 Å². The van der Waals surface area contributed by atoms with Gasteiger partial charge >= 0.3 is 0 Å². The Morgan fingerprint density at radius 3 is 2.03 bits per heavy atom. The minimum atomic E-state index is -3.48. The summed E-state index contributed by atoms with van der Waals surface area (Å²) in [4.78, 5) is 15.4. The van der Waals surface area contributed by atoms with E-state index in [1.807, 2.05) is 22.7 Å². The highest BCUT2D eigenvalue weighted by Crippen LogP contribution is 2.61. The molecule has 1 saturated heterocycles. The fourth-order valence-electron chi connectivity index (χ4n) is 6.75. The molecule has 7 heteroatoms. The first kappa shape index (κ1) is 20.8. The predicted molar refractivity (Wildman–Crippen MR) is 120 cm³/mol. The molecule has 30 heavy (non-hydrogen) atoms. The van der Waals surface area contributed by atoms with E-state index in [2.05, 4.69) is 6.92 Å². The van der Waals surface area contributed by atoms with Gasteiger partial charge in [-0.1, -0.05) is 18.2 Å². The van der Waals surface area contributed by atoms with Crippen LogP contribution in [0.1, 0.15) is 45.4 Å². The van der Waals surface area contributed by atoms with Gasteiger partial charge in [0.25, 0.3) is 0 Å². The fraction of sp³-hybridized carbons (Fsp3) is 0.696. The molecule has 4 aliphatic carbocycles. The number of piperazine rings is 1. The lowest BCUT2D eigenvalue weighted by Gasteiger charge is -2.57. The average Bonchev–Trinajstić information content (AvgIpc) is 2.72. The van der Waals surface area contributed by atoms with E-state index in [4.69, 9.17) is 0 Å². The smallest absolute Gasteiger partial charge is 0.243 e. The van der Waals surface area contributed by atoms with Gasteiger partial charge in [0, 0.05) is 30.9 Å². The molecule has 0 N–H and O–H groups in total. The Labute approximate surface area is 184 Å². The lowest BCUT2D eigenvalue weighted by atomic mass is 9.56. The lowest BCUT2D eigenvalue weighted by Crippen LogP contribution is -2.53. The Bertz CT molecular complexity index is 859. The van der Waals surface area contributed by atoms with Gasteiger partial charge in [-0.05, 0) is 75.3 Å². The van der Waals surface area contributed by atoms with E-state index in [0.717, 1.165) is 17.8 Å². The van der Waals surface area contributed by atoms with Gasteiger partial charge in [0.2, 0.25) is 15.9 Å². The Morgan fingerprint density at radius 2 is 1.50 bits per heavy atom. The van der Waals surface area contributed by atoms with Gasteiger partial charge < -0.3 is 4.90 Å². The Hall–Kier alpha value is -1.05. The molecule has 5 nitrogen and oxygen atoms in total. The molecule has 1 aromatic carbocycles. The molecule has 1 amide bonds. The molecule has 6 rings (SSSR count). The number of carbonyl (C=O) groups excluding carboxylic acids is 1. The number of nitrogens with zero attached hydrogens (tertiary/aromatic N) is 2. The van der Waals surface area contributed by atoms with Crippen LogP contribution >= 0.6 is 11.8 Å². The maximum Gasteiger partial charge on any atom is 0.243 e. The van der Waals surface area contributed by atoms with E-state index in [1.165, 1.54) is 42.8 Å². The van der Waals surface area contributed by atoms with Crippen molar-refractivity contribution in [2.45, 2.75) is 60.3 Å². The van der Waals surface area contributed by atoms with E-state index in [-0.39, 0.29) is 11.2 Å². The third-order valence-corrected chi connectivity index (χ3v) is 11.2. The van der Waals surface area contributed by atoms with Crippen molar-refractivity contribution in [2.75, 3.05) is 26.2 Å². The monoisotopic (exact) mass is 448 g/mol. The van der Waals surface area contributed by atoms with Crippen LogP contribution in [0.25, 0.3) is 0 Å². The maximum atomic E-state index is 13.2. The minimum absolute atomic E-state index is 0.0430. The highest BCUT2D eigenvalue weighted by molar-refractivity contribution is 8.01. The summed E-state index contributed by atoms with van der Waals surface area (Å²) >= 11 is 1.94. The molecule has 0 spiro atoms. The van der Waals surface area contributed by atoms with E-state index < -0.39 is 10.0 Å². The van der Waals surface area contributed by atoms with Gasteiger partial charge in [-0.15, -0.1) is 11.8 Å². The molecule has 1 aliphatic heterocycles. The zero-order valence-electron chi connectivity index (χ0n) is 17.7. The standard InChI is InChI=1S/C23H32N2O3S2/c1-17(29-23-14-18-11-19(15-23)13-20(12-18)16-23)22(26)24-7-9-25(10-8-24)30(27,28)21-5-3-2-4-6-21/h2-6,17-20H,7-16H2,1H3. The zero-order chi connectivity index (χ0) is 20.9. The Balaban J connectivity index is 1.19. The van der Waals surface area contributed by atoms with E-state index in [1.54, 1.807) is 24.3 Å². The Kier molecular flexibility index (Phi) is 5.43. The normalized spacial score (nSPS) is 34.8. The number of rotatable bonds is 5. The molecule has 5 aliphatic rings. The van der Waals surface area contributed by atoms with Gasteiger partial charge in [-0.3, -0.25) is 4.79 Å². The van der Waals surface area contributed by atoms with Gasteiger partial charge in [0.1, 0.15) is 0 Å². The van der Waals surface area contributed by atoms with Crippen molar-refractivity contribution in [3.63, 3.8) is 0 Å². The third-order valence-electron chi connectivity index (χ3n) is 7.69. The first-order valence-electron chi connectivity index (χ1n) is 11.4. The number of sulfonamides is 1. The molecule has 164 valence electrons. The molecule has 1 heterocycles. The Morgan fingerprint density at radius 1 is 0.967 bits per heavy atom. The van der Waals surface area contributed by atoms with Crippen molar-refractivity contribution in [1.29, 1.82) is 0 Å². The second-order valence-electron chi connectivity index (χ2n) is 9.90. The fourth-order valence-corrected chi connectivity index (χ4v) is 10.2. The molecule has 4 saturated carbocycles. The number of hydrogen-bond donors (Lipinski definition) is 0. The summed E-state index contributed by atoms with van der Waals surface area (Å²) in [5, 5.41) is -0.0430. The minimum Gasteiger partial charge on any atom is -0.339 e. The van der Waals surface area contributed by atoms with Crippen LogP contribution in [-0.2, 0) is 14.8 Å². The quantitative estimate of drug-likeness (QED) is 0.691. The van der Waals surface area contributed by atoms with Crippen molar-refractivity contribution in [2.24, 2.45) is 17.8 Å². The summed E-state index contributed by atoms with van der Waals surface area (Å²) in [5.41, 5.74) is 0. The first-order valence-corrected chi connectivity index (χ1v) is 13.7. The number of benzene rings is 1. The third kappa shape index (κ3) is 3.82. The number of thioether (sulfide) groups is 1. The summed E-state index contributed by atoms with van der Waals surface area (Å²) in [6, 6.07) is 8.58. The number of carbonyl (C=O) groups is 1. The number of hydrogen-bond acceptors (Lipinski definition) is 4. The van der Waals surface area contributed by atoms with Crippen LogP contribution < -0.4 is 0 Å². The first-order chi connectivity index (χ1) is 14.3. The molecule has 1 atom stereocenters. The second-order valence-corrected chi connectivity index (χ2v) is 13.6. The zero-order valence-corrected chi connectivity index (χ0v) is 19.3. The topological polar surface area (TPSA) is 57.7 Å². The SMILES string of the molecule is CC(SC12CC3CC(CC(C3)C1)C2)C(=O)N1CCN(S(=O)(=O)c2ccccc2)CC1. The molecule has 0 radical (unpaired) electrons. The largest absolute Gasteiger partial charge is 0.339 e. The van der Waals surface area contributed by atoms with Crippen LogP contribution in [0.3, 0.4) is 0 Å². The van der Waals surface area contributed by atoms with Crippen LogP contribution in [-0.4, -0.2) is 59.7 Å². The molecule has 1 aromatic rings. The van der Waals surface area contributed by atoms with Gasteiger partial charge in [0.05, 0.1) is 10.1 Å². The van der Waals surface area contributed by atoms with E-state index in [9.17, 15) is 13.2 Å². The molecule has 0 aromatic heterocycles. The van der Waals surface area contributed by atoms with Crippen molar-refractivity contribution >= 4 is 27.7 Å². The van der Waals surface area contributed by atoms with E-state index >= 15 is 0 Å². The van der Waals surface area contributed by atoms with Crippen LogP contribution in [0, 0.1) is 17.8 Å². The molecule has 1 unspecified atom stereocenters. The summed E-state index contributed by atoms with van der Waals surface area (Å²) in [6.07, 6.45) is 8.14. The second kappa shape index (κ2) is 7.82. The molecule has 5 fully saturated rings. The van der Waals surface area contributed by atoms with Crippen molar-refractivity contribution in [3.8, 4) is 0 Å². The van der Waals surface area contributed by atoms with Gasteiger partial charge in [-0.25, -0.2) is 8.42 Å². The number of amides is 1. The predicted octanol–water partition coefficient (Wildman–Crippen LogP) is 3.61.